The van der Waals surface area contributed by atoms with Crippen LogP contribution in [-0.2, 0) is 14.8 Å². The maximum absolute atomic E-state index is 12.9. The first-order valence-corrected chi connectivity index (χ1v) is 11.8. The van der Waals surface area contributed by atoms with Crippen LogP contribution in [0.5, 0.6) is 0 Å². The fourth-order valence-corrected chi connectivity index (χ4v) is 4.45. The van der Waals surface area contributed by atoms with E-state index in [1.54, 1.807) is 12.1 Å². The molecule has 0 aliphatic heterocycles. The average molecular weight is 417 g/mol. The lowest BCUT2D eigenvalue weighted by Crippen LogP contribution is -2.42. The third-order valence-electron chi connectivity index (χ3n) is 5.06. The second kappa shape index (κ2) is 9.44. The first-order chi connectivity index (χ1) is 13.5. The summed E-state index contributed by atoms with van der Waals surface area (Å²) in [5.74, 6) is -0.182. The van der Waals surface area contributed by atoms with E-state index in [2.05, 4.69) is 11.4 Å². The van der Waals surface area contributed by atoms with E-state index in [0.717, 1.165) is 29.4 Å². The maximum Gasteiger partial charge on any atom is 0.241 e. The first kappa shape index (κ1) is 22.9. The van der Waals surface area contributed by atoms with Gasteiger partial charge in [-0.3, -0.25) is 9.10 Å². The number of nitrogens with one attached hydrogen (secondary N) is 1. The monoisotopic (exact) mass is 416 g/mol. The van der Waals surface area contributed by atoms with Crippen LogP contribution in [0, 0.1) is 13.8 Å². The highest BCUT2D eigenvalue weighted by molar-refractivity contribution is 7.92. The molecule has 29 heavy (non-hydrogen) atoms. The number of amides is 1. The summed E-state index contributed by atoms with van der Waals surface area (Å²) >= 11 is 0. The standard InChI is InChI=1S/C23H32N2O3S/c1-7-21(20-13-12-17(4)14-18(20)5)24-23(26)15-25(29(6,27)28)22-11-9-8-10-19(22)16(2)3/h8-14,16,21H,7,15H2,1-6H3,(H,24,26)/t21-/m0/s1. The minimum Gasteiger partial charge on any atom is -0.348 e. The zero-order chi connectivity index (χ0) is 21.8. The SMILES string of the molecule is CC[C@H](NC(=O)CN(c1ccccc1C(C)C)S(C)(=O)=O)c1ccc(C)cc1C. The van der Waals surface area contributed by atoms with Gasteiger partial charge in [0.25, 0.3) is 0 Å². The van der Waals surface area contributed by atoms with E-state index in [1.165, 1.54) is 9.87 Å². The molecular formula is C23H32N2O3S. The Balaban J connectivity index is 2.29. The maximum atomic E-state index is 12.9. The van der Waals surface area contributed by atoms with E-state index in [0.29, 0.717) is 5.69 Å². The molecule has 0 aliphatic rings. The number of aryl methyl sites for hydroxylation is 2. The molecule has 0 heterocycles. The van der Waals surface area contributed by atoms with Crippen LogP contribution in [0.1, 0.15) is 61.4 Å². The number of carbonyl (C=O) groups is 1. The Morgan fingerprint density at radius 1 is 1.07 bits per heavy atom. The minimum atomic E-state index is -3.62. The van der Waals surface area contributed by atoms with Crippen molar-refractivity contribution < 1.29 is 13.2 Å². The molecule has 0 saturated carbocycles. The molecule has 0 fully saturated rings. The van der Waals surface area contributed by atoms with Crippen LogP contribution in [0.25, 0.3) is 0 Å². The molecule has 1 amide bonds. The number of benzene rings is 2. The second-order valence-corrected chi connectivity index (χ2v) is 9.78. The number of carbonyl (C=O) groups excluding carboxylic acids is 1. The molecule has 6 heteroatoms. The Bertz CT molecular complexity index is 968. The van der Waals surface area contributed by atoms with Crippen molar-refractivity contribution in [1.82, 2.24) is 5.32 Å². The van der Waals surface area contributed by atoms with Crippen LogP contribution in [0.15, 0.2) is 42.5 Å². The quantitative estimate of drug-likeness (QED) is 0.691. The van der Waals surface area contributed by atoms with Crippen molar-refractivity contribution in [2.45, 2.75) is 53.0 Å². The summed E-state index contributed by atoms with van der Waals surface area (Å²) in [4.78, 5) is 12.9. The van der Waals surface area contributed by atoms with E-state index in [9.17, 15) is 13.2 Å². The van der Waals surface area contributed by atoms with Crippen LogP contribution in [0.4, 0.5) is 5.69 Å². The molecule has 0 unspecified atom stereocenters. The van der Waals surface area contributed by atoms with E-state index < -0.39 is 10.0 Å². The fourth-order valence-electron chi connectivity index (χ4n) is 3.57. The highest BCUT2D eigenvalue weighted by atomic mass is 32.2. The average Bonchev–Trinajstić information content (AvgIpc) is 2.63. The van der Waals surface area contributed by atoms with Gasteiger partial charge in [0.2, 0.25) is 15.9 Å². The summed E-state index contributed by atoms with van der Waals surface area (Å²) in [5, 5.41) is 3.02. The molecule has 2 aromatic carbocycles. The lowest BCUT2D eigenvalue weighted by atomic mass is 9.97. The van der Waals surface area contributed by atoms with Gasteiger partial charge in [0.05, 0.1) is 18.0 Å². The highest BCUT2D eigenvalue weighted by Gasteiger charge is 2.25. The van der Waals surface area contributed by atoms with Crippen LogP contribution >= 0.6 is 0 Å². The zero-order valence-corrected chi connectivity index (χ0v) is 19.0. The van der Waals surface area contributed by atoms with Gasteiger partial charge in [-0.15, -0.1) is 0 Å². The normalized spacial score (nSPS) is 12.7. The summed E-state index contributed by atoms with van der Waals surface area (Å²) in [6.45, 7) is 9.83. The number of anilines is 1. The molecule has 0 radical (unpaired) electrons. The van der Waals surface area contributed by atoms with E-state index in [1.807, 2.05) is 58.9 Å². The molecule has 0 saturated heterocycles. The molecule has 1 N–H and O–H groups in total. The third-order valence-corrected chi connectivity index (χ3v) is 6.19. The Morgan fingerprint density at radius 3 is 2.28 bits per heavy atom. The fraction of sp³-hybridized carbons (Fsp3) is 0.435. The van der Waals surface area contributed by atoms with Crippen LogP contribution in [0.3, 0.4) is 0 Å². The van der Waals surface area contributed by atoms with Gasteiger partial charge < -0.3 is 5.32 Å². The molecule has 2 aromatic rings. The summed E-state index contributed by atoms with van der Waals surface area (Å²) in [6.07, 6.45) is 1.86. The molecule has 0 bridgehead atoms. The van der Waals surface area contributed by atoms with Gasteiger partial charge in [0.15, 0.2) is 0 Å². The summed E-state index contributed by atoms with van der Waals surface area (Å²) < 4.78 is 26.2. The molecular weight excluding hydrogens is 384 g/mol. The van der Waals surface area contributed by atoms with E-state index in [4.69, 9.17) is 0 Å². The zero-order valence-electron chi connectivity index (χ0n) is 18.2. The lowest BCUT2D eigenvalue weighted by Gasteiger charge is -2.27. The number of sulfonamides is 1. The molecule has 0 aliphatic carbocycles. The minimum absolute atomic E-state index is 0.136. The highest BCUT2D eigenvalue weighted by Crippen LogP contribution is 2.29. The van der Waals surface area contributed by atoms with Gasteiger partial charge in [-0.1, -0.05) is 62.7 Å². The largest absolute Gasteiger partial charge is 0.348 e. The van der Waals surface area contributed by atoms with Gasteiger partial charge in [-0.2, -0.15) is 0 Å². The Hall–Kier alpha value is -2.34. The van der Waals surface area contributed by atoms with E-state index >= 15 is 0 Å². The lowest BCUT2D eigenvalue weighted by molar-refractivity contribution is -0.120. The molecule has 2 rings (SSSR count). The van der Waals surface area contributed by atoms with Gasteiger partial charge >= 0.3 is 0 Å². The van der Waals surface area contributed by atoms with Crippen molar-refractivity contribution in [1.29, 1.82) is 0 Å². The Morgan fingerprint density at radius 2 is 1.72 bits per heavy atom. The van der Waals surface area contributed by atoms with Crippen LogP contribution in [-0.4, -0.2) is 27.1 Å². The number of hydrogen-bond donors (Lipinski definition) is 1. The van der Waals surface area contributed by atoms with Crippen LogP contribution in [0.2, 0.25) is 0 Å². The van der Waals surface area contributed by atoms with Crippen molar-refractivity contribution in [3.63, 3.8) is 0 Å². The number of nitrogens with zero attached hydrogens (tertiary/aromatic N) is 1. The van der Waals surface area contributed by atoms with Gasteiger partial charge in [0, 0.05) is 0 Å². The number of para-hydroxylation sites is 1. The number of hydrogen-bond acceptors (Lipinski definition) is 3. The summed E-state index contributed by atoms with van der Waals surface area (Å²) in [6, 6.07) is 13.3. The molecule has 1 atom stereocenters. The topological polar surface area (TPSA) is 66.5 Å². The Labute approximate surface area is 175 Å². The summed E-state index contributed by atoms with van der Waals surface area (Å²) in [5.41, 5.74) is 4.79. The molecule has 0 spiro atoms. The smallest absolute Gasteiger partial charge is 0.241 e. The second-order valence-electron chi connectivity index (χ2n) is 7.87. The predicted octanol–water partition coefficient (Wildman–Crippen LogP) is 4.46. The summed E-state index contributed by atoms with van der Waals surface area (Å²) in [7, 11) is -3.62. The third kappa shape index (κ3) is 5.82. The van der Waals surface area contributed by atoms with Gasteiger partial charge in [-0.05, 0) is 48.9 Å². The van der Waals surface area contributed by atoms with Crippen molar-refractivity contribution in [3.8, 4) is 0 Å². The Kier molecular flexibility index (Phi) is 7.47. The van der Waals surface area contributed by atoms with Gasteiger partial charge in [-0.25, -0.2) is 8.42 Å². The molecule has 158 valence electrons. The van der Waals surface area contributed by atoms with Crippen molar-refractivity contribution >= 4 is 21.6 Å². The predicted molar refractivity (Wildman–Crippen MR) is 120 cm³/mol. The van der Waals surface area contributed by atoms with Crippen molar-refractivity contribution in [2.75, 3.05) is 17.1 Å². The molecule has 0 aromatic heterocycles. The van der Waals surface area contributed by atoms with Crippen molar-refractivity contribution in [2.24, 2.45) is 0 Å². The van der Waals surface area contributed by atoms with E-state index in [-0.39, 0.29) is 24.4 Å². The van der Waals surface area contributed by atoms with Crippen molar-refractivity contribution in [3.05, 3.63) is 64.7 Å². The van der Waals surface area contributed by atoms with Gasteiger partial charge in [0.1, 0.15) is 6.54 Å². The molecule has 5 nitrogen and oxygen atoms in total. The van der Waals surface area contributed by atoms with Crippen LogP contribution < -0.4 is 9.62 Å². The number of rotatable bonds is 8. The first-order valence-electron chi connectivity index (χ1n) is 9.97.